The van der Waals surface area contributed by atoms with Crippen molar-refractivity contribution in [2.45, 2.75) is 44.6 Å². The van der Waals surface area contributed by atoms with Crippen molar-refractivity contribution < 1.29 is 0 Å². The van der Waals surface area contributed by atoms with Gasteiger partial charge in [0.2, 0.25) is 0 Å². The summed E-state index contributed by atoms with van der Waals surface area (Å²) in [7, 11) is 0. The van der Waals surface area contributed by atoms with E-state index in [1.165, 1.54) is 0 Å². The van der Waals surface area contributed by atoms with E-state index in [4.69, 9.17) is 9.97 Å². The SMILES string of the molecule is CCn1c(SC(C)c2nc3sc(C)c(C)c3c(=O)[nH]2)nc2ccccc21. The number of H-pyrrole nitrogens is 1. The molecule has 0 saturated carbocycles. The zero-order valence-corrected chi connectivity index (χ0v) is 16.8. The molecule has 4 rings (SSSR count). The Kier molecular flexibility index (Phi) is 4.36. The minimum atomic E-state index is -0.0525. The van der Waals surface area contributed by atoms with E-state index >= 15 is 0 Å². The second kappa shape index (κ2) is 6.55. The molecule has 134 valence electrons. The largest absolute Gasteiger partial charge is 0.319 e. The fraction of sp³-hybridized carbons (Fsp3) is 0.316. The van der Waals surface area contributed by atoms with Crippen molar-refractivity contribution in [1.29, 1.82) is 0 Å². The molecule has 0 saturated heterocycles. The van der Waals surface area contributed by atoms with Crippen molar-refractivity contribution in [2.75, 3.05) is 0 Å². The van der Waals surface area contributed by atoms with E-state index in [2.05, 4.69) is 29.5 Å². The summed E-state index contributed by atoms with van der Waals surface area (Å²) in [4.78, 5) is 27.0. The lowest BCUT2D eigenvalue weighted by molar-refractivity contribution is 0.700. The summed E-state index contributed by atoms with van der Waals surface area (Å²) < 4.78 is 2.20. The van der Waals surface area contributed by atoms with Crippen LogP contribution in [0.2, 0.25) is 0 Å². The average Bonchev–Trinajstić information content (AvgIpc) is 3.11. The van der Waals surface area contributed by atoms with Gasteiger partial charge in [-0.05, 0) is 45.4 Å². The molecule has 0 aliphatic carbocycles. The molecule has 1 N–H and O–H groups in total. The number of hydrogen-bond acceptors (Lipinski definition) is 5. The molecule has 0 aliphatic rings. The maximum Gasteiger partial charge on any atom is 0.259 e. The molecule has 0 radical (unpaired) electrons. The third-order valence-corrected chi connectivity index (χ3v) is 6.86. The van der Waals surface area contributed by atoms with Crippen LogP contribution in [0.3, 0.4) is 0 Å². The van der Waals surface area contributed by atoms with Crippen LogP contribution in [0.15, 0.2) is 34.2 Å². The number of thioether (sulfide) groups is 1. The predicted octanol–water partition coefficient (Wildman–Crippen LogP) is 4.82. The zero-order valence-electron chi connectivity index (χ0n) is 15.2. The third-order valence-electron chi connectivity index (χ3n) is 4.66. The van der Waals surface area contributed by atoms with Gasteiger partial charge in [-0.3, -0.25) is 4.79 Å². The number of aromatic amines is 1. The van der Waals surface area contributed by atoms with Gasteiger partial charge in [-0.2, -0.15) is 0 Å². The lowest BCUT2D eigenvalue weighted by Gasteiger charge is -2.11. The van der Waals surface area contributed by atoms with Gasteiger partial charge in [-0.1, -0.05) is 23.9 Å². The van der Waals surface area contributed by atoms with Gasteiger partial charge in [-0.15, -0.1) is 11.3 Å². The van der Waals surface area contributed by atoms with Crippen LogP contribution in [0.5, 0.6) is 0 Å². The molecule has 1 atom stereocenters. The van der Waals surface area contributed by atoms with Crippen LogP contribution in [-0.4, -0.2) is 19.5 Å². The van der Waals surface area contributed by atoms with Crippen LogP contribution in [0.1, 0.15) is 35.4 Å². The molecule has 3 aromatic heterocycles. The van der Waals surface area contributed by atoms with Gasteiger partial charge in [0.1, 0.15) is 10.7 Å². The van der Waals surface area contributed by atoms with E-state index < -0.39 is 0 Å². The highest BCUT2D eigenvalue weighted by atomic mass is 32.2. The van der Waals surface area contributed by atoms with Crippen molar-refractivity contribution in [2.24, 2.45) is 0 Å². The lowest BCUT2D eigenvalue weighted by atomic mass is 10.2. The van der Waals surface area contributed by atoms with E-state index in [9.17, 15) is 4.79 Å². The van der Waals surface area contributed by atoms with E-state index in [0.29, 0.717) is 11.2 Å². The Bertz CT molecular complexity index is 1170. The molecule has 7 heteroatoms. The molecule has 0 aliphatic heterocycles. The molecular formula is C19H20N4OS2. The first-order valence-corrected chi connectivity index (χ1v) is 10.3. The fourth-order valence-electron chi connectivity index (χ4n) is 3.13. The molecule has 5 nitrogen and oxygen atoms in total. The molecule has 0 amide bonds. The Balaban J connectivity index is 1.74. The maximum absolute atomic E-state index is 12.5. The van der Waals surface area contributed by atoms with Crippen molar-refractivity contribution >= 4 is 44.3 Å². The number of rotatable bonds is 4. The van der Waals surface area contributed by atoms with E-state index in [1.807, 2.05) is 32.0 Å². The molecule has 0 spiro atoms. The molecule has 1 aromatic carbocycles. The summed E-state index contributed by atoms with van der Waals surface area (Å²) in [6, 6.07) is 8.15. The number of nitrogens with one attached hydrogen (secondary N) is 1. The van der Waals surface area contributed by atoms with Gasteiger partial charge in [0.15, 0.2) is 5.16 Å². The summed E-state index contributed by atoms with van der Waals surface area (Å²) in [6.07, 6.45) is 0. The molecule has 4 aromatic rings. The normalized spacial score (nSPS) is 12.9. The van der Waals surface area contributed by atoms with Crippen LogP contribution in [0.25, 0.3) is 21.3 Å². The van der Waals surface area contributed by atoms with Crippen molar-refractivity contribution in [1.82, 2.24) is 19.5 Å². The Labute approximate surface area is 159 Å². The van der Waals surface area contributed by atoms with Gasteiger partial charge in [0, 0.05) is 11.4 Å². The Morgan fingerprint density at radius 3 is 2.81 bits per heavy atom. The summed E-state index contributed by atoms with van der Waals surface area (Å²) in [6.45, 7) is 9.03. The molecular weight excluding hydrogens is 364 g/mol. The molecule has 0 bridgehead atoms. The number of thiophene rings is 1. The minimum absolute atomic E-state index is 0.00285. The number of aryl methyl sites for hydroxylation is 3. The zero-order chi connectivity index (χ0) is 18.4. The quantitative estimate of drug-likeness (QED) is 0.512. The Morgan fingerprint density at radius 1 is 1.27 bits per heavy atom. The van der Waals surface area contributed by atoms with E-state index in [1.54, 1.807) is 23.1 Å². The van der Waals surface area contributed by atoms with Crippen molar-refractivity contribution in [3.05, 3.63) is 50.9 Å². The number of hydrogen-bond donors (Lipinski definition) is 1. The molecule has 3 heterocycles. The number of nitrogens with zero attached hydrogens (tertiary/aromatic N) is 3. The number of fused-ring (bicyclic) bond motifs is 2. The first-order chi connectivity index (χ1) is 12.5. The van der Waals surface area contributed by atoms with Crippen LogP contribution < -0.4 is 5.56 Å². The standard InChI is InChI=1S/C19H20N4OS2/c1-5-23-14-9-7-6-8-13(14)20-19(23)26-12(4)16-21-17(24)15-10(2)11(3)25-18(15)22-16/h6-9,12H,5H2,1-4H3,(H,21,22,24). The van der Waals surface area contributed by atoms with Crippen LogP contribution in [0.4, 0.5) is 0 Å². The summed E-state index contributed by atoms with van der Waals surface area (Å²) >= 11 is 3.21. The Hall–Kier alpha value is -2.12. The molecule has 26 heavy (non-hydrogen) atoms. The van der Waals surface area contributed by atoms with Crippen molar-refractivity contribution in [3.8, 4) is 0 Å². The number of para-hydroxylation sites is 2. The van der Waals surface area contributed by atoms with Gasteiger partial charge >= 0.3 is 0 Å². The average molecular weight is 385 g/mol. The second-order valence-electron chi connectivity index (χ2n) is 6.30. The first kappa shape index (κ1) is 17.3. The first-order valence-electron chi connectivity index (χ1n) is 8.61. The molecule has 1 unspecified atom stereocenters. The third kappa shape index (κ3) is 2.75. The van der Waals surface area contributed by atoms with Gasteiger partial charge in [0.05, 0.1) is 21.7 Å². The summed E-state index contributed by atoms with van der Waals surface area (Å²) in [5.74, 6) is 0.698. The number of imidazole rings is 1. The smallest absolute Gasteiger partial charge is 0.259 e. The summed E-state index contributed by atoms with van der Waals surface area (Å²) in [5, 5.41) is 1.66. The Morgan fingerprint density at radius 2 is 2.04 bits per heavy atom. The van der Waals surface area contributed by atoms with E-state index in [-0.39, 0.29) is 10.8 Å². The van der Waals surface area contributed by atoms with Crippen LogP contribution in [0, 0.1) is 13.8 Å². The monoisotopic (exact) mass is 384 g/mol. The second-order valence-corrected chi connectivity index (χ2v) is 8.81. The van der Waals surface area contributed by atoms with E-state index in [0.717, 1.165) is 38.0 Å². The van der Waals surface area contributed by atoms with Crippen molar-refractivity contribution in [3.63, 3.8) is 0 Å². The number of aromatic nitrogens is 4. The van der Waals surface area contributed by atoms with Gasteiger partial charge < -0.3 is 9.55 Å². The fourth-order valence-corrected chi connectivity index (χ4v) is 5.21. The topological polar surface area (TPSA) is 63.6 Å². The highest BCUT2D eigenvalue weighted by Crippen LogP contribution is 2.35. The highest BCUT2D eigenvalue weighted by Gasteiger charge is 2.19. The lowest BCUT2D eigenvalue weighted by Crippen LogP contribution is -2.12. The molecule has 0 fully saturated rings. The van der Waals surface area contributed by atoms with Gasteiger partial charge in [0.25, 0.3) is 5.56 Å². The van der Waals surface area contributed by atoms with Crippen LogP contribution in [-0.2, 0) is 6.54 Å². The predicted molar refractivity (Wildman–Crippen MR) is 109 cm³/mol. The van der Waals surface area contributed by atoms with Crippen LogP contribution >= 0.6 is 23.1 Å². The van der Waals surface area contributed by atoms with Gasteiger partial charge in [-0.25, -0.2) is 9.97 Å². The minimum Gasteiger partial charge on any atom is -0.319 e. The summed E-state index contributed by atoms with van der Waals surface area (Å²) in [5.41, 5.74) is 3.10. The number of benzene rings is 1. The highest BCUT2D eigenvalue weighted by molar-refractivity contribution is 7.99. The maximum atomic E-state index is 12.5.